The zero-order chi connectivity index (χ0) is 14.8. The van der Waals surface area contributed by atoms with Crippen LogP contribution in [0.15, 0.2) is 23.1 Å². The molecule has 0 amide bonds. The van der Waals surface area contributed by atoms with Crippen LogP contribution in [0.2, 0.25) is 0 Å². The molecule has 2 rings (SSSR count). The molecule has 0 atom stereocenters. The van der Waals surface area contributed by atoms with Gasteiger partial charge >= 0.3 is 6.18 Å². The maximum atomic E-state index is 12.8. The number of benzene rings is 1. The fourth-order valence-electron chi connectivity index (χ4n) is 2.54. The number of rotatable bonds is 3. The molecule has 112 valence electrons. The Balaban J connectivity index is 2.16. The van der Waals surface area contributed by atoms with Gasteiger partial charge in [-0.2, -0.15) is 13.2 Å². The monoisotopic (exact) mass is 303 g/mol. The van der Waals surface area contributed by atoms with Gasteiger partial charge < -0.3 is 5.73 Å². The summed E-state index contributed by atoms with van der Waals surface area (Å²) in [5, 5.41) is 0.417. The van der Waals surface area contributed by atoms with Gasteiger partial charge in [0.15, 0.2) is 0 Å². The van der Waals surface area contributed by atoms with Crippen LogP contribution >= 0.6 is 11.8 Å². The minimum atomic E-state index is -4.29. The van der Waals surface area contributed by atoms with E-state index in [0.717, 1.165) is 43.2 Å². The fraction of sp³-hybridized carbons (Fsp3) is 0.600. The Bertz CT molecular complexity index is 451. The highest BCUT2D eigenvalue weighted by Gasteiger charge is 2.31. The number of halogens is 3. The quantitative estimate of drug-likeness (QED) is 0.865. The molecule has 0 aliphatic heterocycles. The highest BCUT2D eigenvalue weighted by Crippen LogP contribution is 2.39. The Morgan fingerprint density at radius 1 is 1.20 bits per heavy atom. The molecule has 1 nitrogen and oxygen atoms in total. The molecule has 5 heteroatoms. The lowest BCUT2D eigenvalue weighted by Gasteiger charge is -2.26. The first kappa shape index (κ1) is 15.7. The second-order valence-electron chi connectivity index (χ2n) is 5.52. The van der Waals surface area contributed by atoms with Crippen molar-refractivity contribution >= 4 is 11.8 Å². The summed E-state index contributed by atoms with van der Waals surface area (Å²) in [5.41, 5.74) is 5.87. The van der Waals surface area contributed by atoms with Gasteiger partial charge in [-0.25, -0.2) is 0 Å². The van der Waals surface area contributed by atoms with E-state index >= 15 is 0 Å². The molecule has 1 aliphatic carbocycles. The summed E-state index contributed by atoms with van der Waals surface area (Å²) in [6, 6.07) is 3.89. The van der Waals surface area contributed by atoms with Crippen LogP contribution in [0, 0.1) is 5.92 Å². The minimum Gasteiger partial charge on any atom is -0.326 e. The third-order valence-corrected chi connectivity index (χ3v) is 5.31. The van der Waals surface area contributed by atoms with Crippen molar-refractivity contribution in [2.24, 2.45) is 11.7 Å². The summed E-state index contributed by atoms with van der Waals surface area (Å²) < 4.78 is 38.4. The Morgan fingerprint density at radius 3 is 2.40 bits per heavy atom. The van der Waals surface area contributed by atoms with Gasteiger partial charge in [-0.3, -0.25) is 0 Å². The summed E-state index contributed by atoms with van der Waals surface area (Å²) in [7, 11) is 0. The first-order valence-corrected chi connectivity index (χ1v) is 7.85. The maximum Gasteiger partial charge on any atom is 0.416 e. The van der Waals surface area contributed by atoms with Crippen molar-refractivity contribution in [1.82, 2.24) is 0 Å². The van der Waals surface area contributed by atoms with E-state index in [0.29, 0.717) is 10.1 Å². The van der Waals surface area contributed by atoms with Crippen molar-refractivity contribution < 1.29 is 13.2 Å². The zero-order valence-corrected chi connectivity index (χ0v) is 12.4. The number of alkyl halides is 3. The van der Waals surface area contributed by atoms with Gasteiger partial charge in [0.05, 0.1) is 5.56 Å². The summed E-state index contributed by atoms with van der Waals surface area (Å²) >= 11 is 1.57. The predicted molar refractivity (Wildman–Crippen MR) is 76.6 cm³/mol. The van der Waals surface area contributed by atoms with Crippen molar-refractivity contribution in [3.05, 3.63) is 29.3 Å². The van der Waals surface area contributed by atoms with Crippen molar-refractivity contribution in [3.63, 3.8) is 0 Å². The topological polar surface area (TPSA) is 26.0 Å². The van der Waals surface area contributed by atoms with Crippen molar-refractivity contribution in [2.45, 2.75) is 55.5 Å². The van der Waals surface area contributed by atoms with Gasteiger partial charge in [0.25, 0.3) is 0 Å². The normalized spacial score (nSPS) is 23.9. The van der Waals surface area contributed by atoms with Crippen LogP contribution in [0.3, 0.4) is 0 Å². The Morgan fingerprint density at radius 2 is 1.85 bits per heavy atom. The van der Waals surface area contributed by atoms with Crippen molar-refractivity contribution in [2.75, 3.05) is 0 Å². The molecule has 0 unspecified atom stereocenters. The smallest absolute Gasteiger partial charge is 0.326 e. The second kappa shape index (κ2) is 6.39. The molecular weight excluding hydrogens is 283 g/mol. The Kier molecular flexibility index (Phi) is 5.02. The zero-order valence-electron chi connectivity index (χ0n) is 11.5. The molecule has 1 fully saturated rings. The number of hydrogen-bond acceptors (Lipinski definition) is 2. The van der Waals surface area contributed by atoms with E-state index in [2.05, 4.69) is 6.92 Å². The molecule has 1 aromatic rings. The minimum absolute atomic E-state index is 0.281. The SMILES string of the molecule is CC1CCC(Sc2cc(C(F)(F)F)ccc2CN)CC1. The number of hydrogen-bond donors (Lipinski definition) is 1. The third kappa shape index (κ3) is 3.92. The lowest BCUT2D eigenvalue weighted by atomic mass is 9.91. The van der Waals surface area contributed by atoms with Gasteiger partial charge in [-0.05, 0) is 49.3 Å². The van der Waals surface area contributed by atoms with Gasteiger partial charge in [-0.1, -0.05) is 13.0 Å². The summed E-state index contributed by atoms with van der Waals surface area (Å²) in [5.74, 6) is 0.738. The van der Waals surface area contributed by atoms with Crippen LogP contribution in [-0.4, -0.2) is 5.25 Å². The van der Waals surface area contributed by atoms with E-state index in [-0.39, 0.29) is 6.54 Å². The summed E-state index contributed by atoms with van der Waals surface area (Å²) in [4.78, 5) is 0.696. The van der Waals surface area contributed by atoms with E-state index in [4.69, 9.17) is 5.73 Å². The van der Waals surface area contributed by atoms with Crippen LogP contribution < -0.4 is 5.73 Å². The molecular formula is C15H20F3NS. The second-order valence-corrected chi connectivity index (χ2v) is 6.87. The molecule has 0 spiro atoms. The Labute approximate surface area is 122 Å². The third-order valence-electron chi connectivity index (χ3n) is 3.87. The van der Waals surface area contributed by atoms with Gasteiger partial charge in [0, 0.05) is 16.7 Å². The van der Waals surface area contributed by atoms with Crippen LogP contribution in [0.5, 0.6) is 0 Å². The molecule has 2 N–H and O–H groups in total. The van der Waals surface area contributed by atoms with Crippen molar-refractivity contribution in [3.8, 4) is 0 Å². The molecule has 0 heterocycles. The van der Waals surface area contributed by atoms with E-state index in [9.17, 15) is 13.2 Å². The summed E-state index contributed by atoms with van der Waals surface area (Å²) in [6.45, 7) is 2.51. The van der Waals surface area contributed by atoms with Gasteiger partial charge in [0.2, 0.25) is 0 Å². The number of nitrogens with two attached hydrogens (primary N) is 1. The van der Waals surface area contributed by atoms with Crippen LogP contribution in [0.1, 0.15) is 43.7 Å². The van der Waals surface area contributed by atoms with E-state index in [1.54, 1.807) is 11.8 Å². The average molecular weight is 303 g/mol. The van der Waals surface area contributed by atoms with E-state index in [1.165, 1.54) is 12.1 Å². The molecule has 20 heavy (non-hydrogen) atoms. The van der Waals surface area contributed by atoms with Crippen LogP contribution in [-0.2, 0) is 12.7 Å². The largest absolute Gasteiger partial charge is 0.416 e. The molecule has 0 radical (unpaired) electrons. The molecule has 1 saturated carbocycles. The first-order valence-electron chi connectivity index (χ1n) is 6.97. The van der Waals surface area contributed by atoms with Crippen LogP contribution in [0.25, 0.3) is 0 Å². The Hall–Kier alpha value is -0.680. The fourth-order valence-corrected chi connectivity index (χ4v) is 3.90. The van der Waals surface area contributed by atoms with Gasteiger partial charge in [-0.15, -0.1) is 11.8 Å². The summed E-state index contributed by atoms with van der Waals surface area (Å²) in [6.07, 6.45) is 0.185. The molecule has 0 saturated heterocycles. The van der Waals surface area contributed by atoms with Crippen LogP contribution in [0.4, 0.5) is 13.2 Å². The lowest BCUT2D eigenvalue weighted by Crippen LogP contribution is -2.15. The standard InChI is InChI=1S/C15H20F3NS/c1-10-2-6-13(7-3-10)20-14-8-12(15(16,17)18)5-4-11(14)9-19/h4-5,8,10,13H,2-3,6-7,9,19H2,1H3. The first-order chi connectivity index (χ1) is 9.40. The highest BCUT2D eigenvalue weighted by atomic mass is 32.2. The molecule has 0 aromatic heterocycles. The molecule has 1 aromatic carbocycles. The van der Waals surface area contributed by atoms with E-state index in [1.807, 2.05) is 0 Å². The maximum absolute atomic E-state index is 12.8. The van der Waals surface area contributed by atoms with Crippen molar-refractivity contribution in [1.29, 1.82) is 0 Å². The number of thioether (sulfide) groups is 1. The van der Waals surface area contributed by atoms with Gasteiger partial charge in [0.1, 0.15) is 0 Å². The average Bonchev–Trinajstić information content (AvgIpc) is 2.40. The molecule has 0 bridgehead atoms. The lowest BCUT2D eigenvalue weighted by molar-refractivity contribution is -0.137. The highest BCUT2D eigenvalue weighted by molar-refractivity contribution is 8.00. The molecule has 1 aliphatic rings. The van der Waals surface area contributed by atoms with E-state index < -0.39 is 11.7 Å². The predicted octanol–water partition coefficient (Wildman–Crippen LogP) is 4.83.